The van der Waals surface area contributed by atoms with Gasteiger partial charge in [0, 0.05) is 11.2 Å². The van der Waals surface area contributed by atoms with E-state index in [1.807, 2.05) is 0 Å². The van der Waals surface area contributed by atoms with Crippen molar-refractivity contribution in [2.75, 3.05) is 5.33 Å². The summed E-state index contributed by atoms with van der Waals surface area (Å²) in [6.07, 6.45) is 1.21. The Labute approximate surface area is 120 Å². The fraction of sp³-hybridized carbons (Fsp3) is 0.529. The lowest BCUT2D eigenvalue weighted by atomic mass is 9.84. The summed E-state index contributed by atoms with van der Waals surface area (Å²) in [5.74, 6) is 0.623. The van der Waals surface area contributed by atoms with E-state index in [-0.39, 0.29) is 0 Å². The number of allylic oxidation sites excluding steroid dienone is 2. The lowest BCUT2D eigenvalue weighted by Crippen LogP contribution is -2.05. The van der Waals surface area contributed by atoms with Gasteiger partial charge in [-0.15, -0.1) is 0 Å². The van der Waals surface area contributed by atoms with Gasteiger partial charge in [0.15, 0.2) is 0 Å². The topological polar surface area (TPSA) is 0 Å². The quantitative estimate of drug-likeness (QED) is 0.624. The van der Waals surface area contributed by atoms with Crippen LogP contribution in [0.25, 0.3) is 5.57 Å². The van der Waals surface area contributed by atoms with Gasteiger partial charge in [-0.25, -0.2) is 0 Å². The van der Waals surface area contributed by atoms with Crippen LogP contribution in [0, 0.1) is 27.7 Å². The second kappa shape index (κ2) is 4.85. The van der Waals surface area contributed by atoms with Gasteiger partial charge in [0.25, 0.3) is 0 Å². The van der Waals surface area contributed by atoms with Crippen molar-refractivity contribution in [3.05, 3.63) is 39.0 Å². The van der Waals surface area contributed by atoms with Gasteiger partial charge in [0.1, 0.15) is 0 Å². The molecule has 0 nitrogen and oxygen atoms in total. The van der Waals surface area contributed by atoms with Crippen LogP contribution in [0.3, 0.4) is 0 Å². The average molecular weight is 307 g/mol. The van der Waals surface area contributed by atoms with E-state index in [0.29, 0.717) is 5.92 Å². The maximum Gasteiger partial charge on any atom is 0.00681 e. The van der Waals surface area contributed by atoms with E-state index >= 15 is 0 Å². The molecule has 0 aromatic heterocycles. The molecule has 1 heteroatoms. The molecule has 0 amide bonds. The summed E-state index contributed by atoms with van der Waals surface area (Å²) in [5, 5.41) is 1.08. The fourth-order valence-corrected chi connectivity index (χ4v) is 3.86. The number of rotatable bonds is 2. The minimum atomic E-state index is 0.623. The van der Waals surface area contributed by atoms with E-state index in [4.69, 9.17) is 0 Å². The van der Waals surface area contributed by atoms with E-state index in [9.17, 15) is 0 Å². The summed E-state index contributed by atoms with van der Waals surface area (Å²) >= 11 is 3.61. The minimum absolute atomic E-state index is 0.623. The predicted octanol–water partition coefficient (Wildman–Crippen LogP) is 5.60. The number of benzene rings is 1. The highest BCUT2D eigenvalue weighted by Crippen LogP contribution is 2.48. The van der Waals surface area contributed by atoms with E-state index in [0.717, 1.165) is 5.33 Å². The van der Waals surface area contributed by atoms with Gasteiger partial charge in [-0.2, -0.15) is 0 Å². The summed E-state index contributed by atoms with van der Waals surface area (Å²) in [6.45, 7) is 13.7. The zero-order valence-corrected chi connectivity index (χ0v) is 14.0. The summed E-state index contributed by atoms with van der Waals surface area (Å²) in [5.41, 5.74) is 12.2. The summed E-state index contributed by atoms with van der Waals surface area (Å²) < 4.78 is 0. The first-order chi connectivity index (χ1) is 8.41. The number of halogens is 1. The number of alkyl halides is 1. The molecule has 1 aromatic carbocycles. The van der Waals surface area contributed by atoms with Crippen LogP contribution in [0.4, 0.5) is 0 Å². The second-order valence-corrected chi connectivity index (χ2v) is 6.42. The summed E-state index contributed by atoms with van der Waals surface area (Å²) in [4.78, 5) is 0. The molecule has 1 unspecified atom stereocenters. The van der Waals surface area contributed by atoms with Crippen LogP contribution in [0.5, 0.6) is 0 Å². The fourth-order valence-electron chi connectivity index (χ4n) is 3.41. The van der Waals surface area contributed by atoms with Crippen LogP contribution in [0.1, 0.15) is 59.6 Å². The maximum absolute atomic E-state index is 3.61. The van der Waals surface area contributed by atoms with Gasteiger partial charge in [-0.1, -0.05) is 21.5 Å². The lowest BCUT2D eigenvalue weighted by Gasteiger charge is -2.21. The average Bonchev–Trinajstić information content (AvgIpc) is 2.59. The molecule has 0 saturated carbocycles. The Morgan fingerprint density at radius 2 is 1.39 bits per heavy atom. The molecule has 1 atom stereocenters. The summed E-state index contributed by atoms with van der Waals surface area (Å²) in [7, 11) is 0. The Bertz CT molecular complexity index is 535. The van der Waals surface area contributed by atoms with Crippen LogP contribution in [-0.4, -0.2) is 5.33 Å². The van der Waals surface area contributed by atoms with Crippen LogP contribution in [0.2, 0.25) is 0 Å². The maximum atomic E-state index is 3.61. The molecule has 98 valence electrons. The van der Waals surface area contributed by atoms with Crippen LogP contribution in [-0.2, 0) is 0 Å². The zero-order chi connectivity index (χ0) is 13.6. The second-order valence-electron chi connectivity index (χ2n) is 5.63. The normalized spacial score (nSPS) is 18.5. The lowest BCUT2D eigenvalue weighted by molar-refractivity contribution is 0.778. The Kier molecular flexibility index (Phi) is 3.73. The Balaban J connectivity index is 2.77. The van der Waals surface area contributed by atoms with Crippen molar-refractivity contribution in [2.24, 2.45) is 0 Å². The summed E-state index contributed by atoms with van der Waals surface area (Å²) in [6, 6.07) is 0. The first-order valence-corrected chi connectivity index (χ1v) is 7.87. The highest BCUT2D eigenvalue weighted by atomic mass is 79.9. The van der Waals surface area contributed by atoms with Crippen molar-refractivity contribution in [1.82, 2.24) is 0 Å². The van der Waals surface area contributed by atoms with Crippen molar-refractivity contribution in [3.8, 4) is 0 Å². The predicted molar refractivity (Wildman–Crippen MR) is 84.8 cm³/mol. The standard InChI is InChI=1S/C17H23Br/c1-9-10(2)13(5)17-15(7-8-18)11(3)14(6)16(17)12(9)4/h15H,7-8H2,1-6H3. The van der Waals surface area contributed by atoms with Crippen molar-refractivity contribution in [2.45, 2.75) is 53.9 Å². The third-order valence-electron chi connectivity index (χ3n) is 4.97. The van der Waals surface area contributed by atoms with Gasteiger partial charge in [0.2, 0.25) is 0 Å². The molecule has 0 aliphatic heterocycles. The molecular formula is C17H23Br. The smallest absolute Gasteiger partial charge is 0.00681 e. The van der Waals surface area contributed by atoms with Crippen LogP contribution >= 0.6 is 15.9 Å². The molecule has 0 N–H and O–H groups in total. The van der Waals surface area contributed by atoms with E-state index in [1.54, 1.807) is 16.7 Å². The molecule has 2 rings (SSSR count). The molecule has 0 fully saturated rings. The van der Waals surface area contributed by atoms with Gasteiger partial charge in [-0.3, -0.25) is 0 Å². The first kappa shape index (κ1) is 13.9. The van der Waals surface area contributed by atoms with Crippen molar-refractivity contribution in [1.29, 1.82) is 0 Å². The first-order valence-electron chi connectivity index (χ1n) is 6.75. The molecule has 18 heavy (non-hydrogen) atoms. The monoisotopic (exact) mass is 306 g/mol. The number of hydrogen-bond donors (Lipinski definition) is 0. The Hall–Kier alpha value is -0.560. The molecule has 0 heterocycles. The third kappa shape index (κ3) is 1.79. The van der Waals surface area contributed by atoms with Crippen LogP contribution < -0.4 is 0 Å². The highest BCUT2D eigenvalue weighted by molar-refractivity contribution is 9.09. The van der Waals surface area contributed by atoms with Crippen molar-refractivity contribution >= 4 is 21.5 Å². The van der Waals surface area contributed by atoms with Gasteiger partial charge >= 0.3 is 0 Å². The van der Waals surface area contributed by atoms with Gasteiger partial charge in [0.05, 0.1) is 0 Å². The molecule has 1 aliphatic carbocycles. The minimum Gasteiger partial charge on any atom is -0.0928 e. The molecule has 0 spiro atoms. The van der Waals surface area contributed by atoms with Crippen molar-refractivity contribution < 1.29 is 0 Å². The van der Waals surface area contributed by atoms with Gasteiger partial charge < -0.3 is 0 Å². The Morgan fingerprint density at radius 1 is 0.833 bits per heavy atom. The van der Waals surface area contributed by atoms with E-state index in [2.05, 4.69) is 57.5 Å². The highest BCUT2D eigenvalue weighted by Gasteiger charge is 2.30. The van der Waals surface area contributed by atoms with Crippen molar-refractivity contribution in [3.63, 3.8) is 0 Å². The molecule has 0 radical (unpaired) electrons. The third-order valence-corrected chi connectivity index (χ3v) is 5.43. The van der Waals surface area contributed by atoms with E-state index < -0.39 is 0 Å². The van der Waals surface area contributed by atoms with Crippen LogP contribution in [0.15, 0.2) is 5.57 Å². The van der Waals surface area contributed by atoms with Gasteiger partial charge in [-0.05, 0) is 86.9 Å². The molecule has 1 aromatic rings. The SMILES string of the molecule is CC1=C(C)C(CCBr)c2c(C)c(C)c(C)c(C)c21. The largest absolute Gasteiger partial charge is 0.0928 e. The van der Waals surface area contributed by atoms with E-state index in [1.165, 1.54) is 34.2 Å². The number of fused-ring (bicyclic) bond motifs is 1. The zero-order valence-electron chi connectivity index (χ0n) is 12.4. The Morgan fingerprint density at radius 3 is 1.94 bits per heavy atom. The number of hydrogen-bond acceptors (Lipinski definition) is 0. The molecule has 0 bridgehead atoms. The molecule has 1 aliphatic rings. The molecule has 0 saturated heterocycles. The molecular weight excluding hydrogens is 284 g/mol.